The maximum absolute atomic E-state index is 5.90. The van der Waals surface area contributed by atoms with Gasteiger partial charge in [0.05, 0.1) is 0 Å². The molecule has 0 aliphatic carbocycles. The Morgan fingerprint density at radius 1 is 1.38 bits per heavy atom. The minimum atomic E-state index is 0.218. The molecular weight excluding hydrogens is 196 g/mol. The van der Waals surface area contributed by atoms with Crippen LogP contribution in [0, 0.1) is 6.92 Å². The Hall–Kier alpha value is -1.28. The minimum Gasteiger partial charge on any atom is -0.347 e. The van der Waals surface area contributed by atoms with Gasteiger partial charge in [-0.15, -0.1) is 0 Å². The lowest BCUT2D eigenvalue weighted by Crippen LogP contribution is -2.17. The van der Waals surface area contributed by atoms with Gasteiger partial charge in [0.2, 0.25) is 0 Å². The molecule has 0 amide bonds. The van der Waals surface area contributed by atoms with Crippen LogP contribution in [0.4, 0.5) is 0 Å². The molecule has 1 aromatic carbocycles. The Balaban J connectivity index is 2.62. The molecular formula is C14H20N2. The Morgan fingerprint density at radius 3 is 2.75 bits per heavy atom. The van der Waals surface area contributed by atoms with Gasteiger partial charge in [-0.05, 0) is 44.4 Å². The topological polar surface area (TPSA) is 30.9 Å². The summed E-state index contributed by atoms with van der Waals surface area (Å²) >= 11 is 0. The van der Waals surface area contributed by atoms with Crippen molar-refractivity contribution in [3.63, 3.8) is 0 Å². The van der Waals surface area contributed by atoms with E-state index in [1.807, 2.05) is 0 Å². The summed E-state index contributed by atoms with van der Waals surface area (Å²) in [5, 5.41) is 1.39. The van der Waals surface area contributed by atoms with Gasteiger partial charge in [-0.1, -0.05) is 12.1 Å². The van der Waals surface area contributed by atoms with Crippen LogP contribution in [-0.2, 0) is 13.0 Å². The van der Waals surface area contributed by atoms with Crippen LogP contribution in [0.15, 0.2) is 24.4 Å². The van der Waals surface area contributed by atoms with Crippen LogP contribution in [0.2, 0.25) is 0 Å². The zero-order valence-electron chi connectivity index (χ0n) is 10.3. The predicted molar refractivity (Wildman–Crippen MR) is 69.7 cm³/mol. The fourth-order valence-corrected chi connectivity index (χ4v) is 2.43. The number of nitrogens with two attached hydrogens (primary N) is 1. The van der Waals surface area contributed by atoms with E-state index in [0.29, 0.717) is 0 Å². The van der Waals surface area contributed by atoms with Gasteiger partial charge in [0.25, 0.3) is 0 Å². The standard InChI is InChI=1S/C14H20N2/c1-4-16-9-10(2)14-12(8-11(3)15)6-5-7-13(14)16/h5-7,9,11H,4,8,15H2,1-3H3. The summed E-state index contributed by atoms with van der Waals surface area (Å²) in [5.41, 5.74) is 9.96. The first-order chi connectivity index (χ1) is 7.63. The van der Waals surface area contributed by atoms with E-state index in [4.69, 9.17) is 5.73 Å². The highest BCUT2D eigenvalue weighted by Gasteiger charge is 2.09. The zero-order chi connectivity index (χ0) is 11.7. The Bertz CT molecular complexity index is 495. The molecule has 2 nitrogen and oxygen atoms in total. The van der Waals surface area contributed by atoms with E-state index < -0.39 is 0 Å². The van der Waals surface area contributed by atoms with Gasteiger partial charge in [0.15, 0.2) is 0 Å². The van der Waals surface area contributed by atoms with Crippen molar-refractivity contribution in [2.75, 3.05) is 0 Å². The van der Waals surface area contributed by atoms with Crippen molar-refractivity contribution in [1.82, 2.24) is 4.57 Å². The minimum absolute atomic E-state index is 0.218. The molecule has 2 heteroatoms. The molecule has 1 unspecified atom stereocenters. The van der Waals surface area contributed by atoms with E-state index in [2.05, 4.69) is 49.7 Å². The Labute approximate surface area is 97.1 Å². The highest BCUT2D eigenvalue weighted by Crippen LogP contribution is 2.25. The van der Waals surface area contributed by atoms with Gasteiger partial charge >= 0.3 is 0 Å². The van der Waals surface area contributed by atoms with Crippen LogP contribution >= 0.6 is 0 Å². The molecule has 1 atom stereocenters. The van der Waals surface area contributed by atoms with Crippen LogP contribution in [-0.4, -0.2) is 10.6 Å². The molecule has 2 aromatic rings. The molecule has 1 aromatic heterocycles. The van der Waals surface area contributed by atoms with Gasteiger partial charge in [-0.3, -0.25) is 0 Å². The number of aryl methyl sites for hydroxylation is 2. The molecule has 1 heterocycles. The van der Waals surface area contributed by atoms with Crippen LogP contribution < -0.4 is 5.73 Å². The fourth-order valence-electron chi connectivity index (χ4n) is 2.43. The van der Waals surface area contributed by atoms with E-state index in [0.717, 1.165) is 13.0 Å². The molecule has 16 heavy (non-hydrogen) atoms. The quantitative estimate of drug-likeness (QED) is 0.840. The summed E-state index contributed by atoms with van der Waals surface area (Å²) in [6.45, 7) is 7.44. The number of rotatable bonds is 3. The molecule has 0 radical (unpaired) electrons. The van der Waals surface area contributed by atoms with Crippen LogP contribution in [0.3, 0.4) is 0 Å². The largest absolute Gasteiger partial charge is 0.347 e. The first-order valence-corrected chi connectivity index (χ1v) is 5.96. The summed E-state index contributed by atoms with van der Waals surface area (Å²) < 4.78 is 2.30. The number of benzene rings is 1. The van der Waals surface area contributed by atoms with E-state index in [9.17, 15) is 0 Å². The second-order valence-electron chi connectivity index (χ2n) is 4.59. The average molecular weight is 216 g/mol. The highest BCUT2D eigenvalue weighted by atomic mass is 14.9. The lowest BCUT2D eigenvalue weighted by Gasteiger charge is -2.08. The number of aromatic nitrogens is 1. The van der Waals surface area contributed by atoms with Crippen LogP contribution in [0.5, 0.6) is 0 Å². The fraction of sp³-hybridized carbons (Fsp3) is 0.429. The highest BCUT2D eigenvalue weighted by molar-refractivity contribution is 5.87. The van der Waals surface area contributed by atoms with Crippen molar-refractivity contribution in [3.05, 3.63) is 35.5 Å². The lowest BCUT2D eigenvalue weighted by atomic mass is 10.0. The van der Waals surface area contributed by atoms with E-state index in [-0.39, 0.29) is 6.04 Å². The van der Waals surface area contributed by atoms with Gasteiger partial charge in [-0.2, -0.15) is 0 Å². The third-order valence-electron chi connectivity index (χ3n) is 3.06. The number of nitrogens with zero attached hydrogens (tertiary/aromatic N) is 1. The summed E-state index contributed by atoms with van der Waals surface area (Å²) in [6.07, 6.45) is 3.18. The number of hydrogen-bond acceptors (Lipinski definition) is 1. The molecule has 2 rings (SSSR count). The molecule has 2 N–H and O–H groups in total. The van der Waals surface area contributed by atoms with Gasteiger partial charge in [0.1, 0.15) is 0 Å². The molecule has 0 saturated carbocycles. The number of hydrogen-bond donors (Lipinski definition) is 1. The van der Waals surface area contributed by atoms with Gasteiger partial charge in [-0.25, -0.2) is 0 Å². The Morgan fingerprint density at radius 2 is 2.12 bits per heavy atom. The molecule has 0 fully saturated rings. The summed E-state index contributed by atoms with van der Waals surface area (Å²) in [5.74, 6) is 0. The Kier molecular flexibility index (Phi) is 3.01. The van der Waals surface area contributed by atoms with Crippen molar-refractivity contribution in [2.24, 2.45) is 5.73 Å². The van der Waals surface area contributed by atoms with Gasteiger partial charge < -0.3 is 10.3 Å². The summed E-state index contributed by atoms with van der Waals surface area (Å²) in [6, 6.07) is 6.73. The van der Waals surface area contributed by atoms with E-state index >= 15 is 0 Å². The molecule has 0 spiro atoms. The summed E-state index contributed by atoms with van der Waals surface area (Å²) in [4.78, 5) is 0. The van der Waals surface area contributed by atoms with Crippen molar-refractivity contribution in [2.45, 2.75) is 39.8 Å². The van der Waals surface area contributed by atoms with Crippen molar-refractivity contribution in [3.8, 4) is 0 Å². The van der Waals surface area contributed by atoms with Crippen LogP contribution in [0.25, 0.3) is 10.9 Å². The molecule has 0 aliphatic heterocycles. The third-order valence-corrected chi connectivity index (χ3v) is 3.06. The normalized spacial score (nSPS) is 13.2. The SMILES string of the molecule is CCn1cc(C)c2c(CC(C)N)cccc21. The smallest absolute Gasteiger partial charge is 0.0485 e. The second-order valence-corrected chi connectivity index (χ2v) is 4.59. The number of fused-ring (bicyclic) bond motifs is 1. The monoisotopic (exact) mass is 216 g/mol. The summed E-state index contributed by atoms with van der Waals surface area (Å²) in [7, 11) is 0. The maximum atomic E-state index is 5.90. The first-order valence-electron chi connectivity index (χ1n) is 5.96. The molecule has 0 aliphatic rings. The first kappa shape index (κ1) is 11.2. The molecule has 86 valence electrons. The second kappa shape index (κ2) is 4.30. The third kappa shape index (κ3) is 1.85. The predicted octanol–water partition coefficient (Wildman–Crippen LogP) is 2.86. The van der Waals surface area contributed by atoms with E-state index in [1.165, 1.54) is 22.0 Å². The maximum Gasteiger partial charge on any atom is 0.0485 e. The van der Waals surface area contributed by atoms with Gasteiger partial charge in [0, 0.05) is 29.7 Å². The average Bonchev–Trinajstić information content (AvgIpc) is 2.56. The van der Waals surface area contributed by atoms with Crippen LogP contribution in [0.1, 0.15) is 25.0 Å². The lowest BCUT2D eigenvalue weighted by molar-refractivity contribution is 0.741. The molecule has 0 saturated heterocycles. The van der Waals surface area contributed by atoms with E-state index in [1.54, 1.807) is 0 Å². The zero-order valence-corrected chi connectivity index (χ0v) is 10.3. The van der Waals surface area contributed by atoms with Crippen molar-refractivity contribution < 1.29 is 0 Å². The molecule has 0 bridgehead atoms. The van der Waals surface area contributed by atoms with Crippen molar-refractivity contribution in [1.29, 1.82) is 0 Å². The van der Waals surface area contributed by atoms with Crippen molar-refractivity contribution >= 4 is 10.9 Å².